The smallest absolute Gasteiger partial charge is 0.159 e. The Bertz CT molecular complexity index is 778. The molecule has 0 unspecified atom stereocenters. The fourth-order valence-corrected chi connectivity index (χ4v) is 3.06. The van der Waals surface area contributed by atoms with Gasteiger partial charge in [0.15, 0.2) is 5.82 Å². The molecule has 2 aromatic heterocycles. The molecule has 118 valence electrons. The lowest BCUT2D eigenvalue weighted by molar-refractivity contribution is 0.0366. The minimum atomic E-state index is 0.831. The van der Waals surface area contributed by atoms with Gasteiger partial charge in [-0.1, -0.05) is 18.2 Å². The zero-order chi connectivity index (χ0) is 15.5. The molecule has 23 heavy (non-hydrogen) atoms. The van der Waals surface area contributed by atoms with Crippen LogP contribution in [0.15, 0.2) is 48.7 Å². The summed E-state index contributed by atoms with van der Waals surface area (Å²) in [4.78, 5) is 11.7. The molecule has 1 aliphatic rings. The van der Waals surface area contributed by atoms with Gasteiger partial charge in [0.2, 0.25) is 0 Å². The maximum Gasteiger partial charge on any atom is 0.159 e. The topological polar surface area (TPSA) is 43.2 Å². The average molecular weight is 308 g/mol. The van der Waals surface area contributed by atoms with Crippen LogP contribution in [-0.2, 0) is 11.3 Å². The number of morpholine rings is 1. The number of hydrogen-bond donors (Lipinski definition) is 0. The molecular formula is C18H20N4O. The number of pyridine rings is 1. The monoisotopic (exact) mass is 308 g/mol. The highest BCUT2D eigenvalue weighted by Gasteiger charge is 2.15. The maximum absolute atomic E-state index is 5.43. The van der Waals surface area contributed by atoms with Gasteiger partial charge in [-0.05, 0) is 24.3 Å². The van der Waals surface area contributed by atoms with Crippen LogP contribution in [0.4, 0.5) is 0 Å². The first-order valence-corrected chi connectivity index (χ1v) is 8.08. The van der Waals surface area contributed by atoms with Crippen LogP contribution < -0.4 is 0 Å². The summed E-state index contributed by atoms with van der Waals surface area (Å²) in [5, 5.41) is 0. The first kappa shape index (κ1) is 14.4. The number of nitrogens with zero attached hydrogens (tertiary/aromatic N) is 4. The summed E-state index contributed by atoms with van der Waals surface area (Å²) in [7, 11) is 0. The Morgan fingerprint density at radius 2 is 1.78 bits per heavy atom. The summed E-state index contributed by atoms with van der Waals surface area (Å²) < 4.78 is 7.71. The lowest BCUT2D eigenvalue weighted by Gasteiger charge is -2.26. The van der Waals surface area contributed by atoms with Gasteiger partial charge in [0.25, 0.3) is 0 Å². The van der Waals surface area contributed by atoms with Crippen molar-refractivity contribution in [3.63, 3.8) is 0 Å². The van der Waals surface area contributed by atoms with Crippen molar-refractivity contribution in [2.45, 2.75) is 6.54 Å². The molecule has 0 radical (unpaired) electrons. The number of hydrogen-bond acceptors (Lipinski definition) is 4. The van der Waals surface area contributed by atoms with E-state index < -0.39 is 0 Å². The lowest BCUT2D eigenvalue weighted by atomic mass is 10.3. The van der Waals surface area contributed by atoms with E-state index in [9.17, 15) is 0 Å². The van der Waals surface area contributed by atoms with Crippen molar-refractivity contribution < 1.29 is 4.74 Å². The minimum absolute atomic E-state index is 0.831. The largest absolute Gasteiger partial charge is 0.379 e. The molecule has 0 atom stereocenters. The van der Waals surface area contributed by atoms with Crippen LogP contribution in [0.3, 0.4) is 0 Å². The van der Waals surface area contributed by atoms with Gasteiger partial charge in [-0.25, -0.2) is 4.98 Å². The van der Waals surface area contributed by atoms with Crippen molar-refractivity contribution in [1.82, 2.24) is 19.4 Å². The van der Waals surface area contributed by atoms with E-state index in [0.29, 0.717) is 0 Å². The van der Waals surface area contributed by atoms with Crippen LogP contribution in [0.2, 0.25) is 0 Å². The quantitative estimate of drug-likeness (QED) is 0.742. The van der Waals surface area contributed by atoms with Crippen molar-refractivity contribution >= 4 is 11.0 Å². The van der Waals surface area contributed by atoms with Gasteiger partial charge in [-0.3, -0.25) is 9.88 Å². The van der Waals surface area contributed by atoms with Gasteiger partial charge >= 0.3 is 0 Å². The van der Waals surface area contributed by atoms with Crippen LogP contribution in [-0.4, -0.2) is 52.3 Å². The van der Waals surface area contributed by atoms with E-state index in [2.05, 4.69) is 32.7 Å². The van der Waals surface area contributed by atoms with E-state index in [4.69, 9.17) is 9.72 Å². The second-order valence-electron chi connectivity index (χ2n) is 5.74. The average Bonchev–Trinajstić information content (AvgIpc) is 3.00. The van der Waals surface area contributed by atoms with Crippen molar-refractivity contribution in [1.29, 1.82) is 0 Å². The fourth-order valence-electron chi connectivity index (χ4n) is 3.06. The van der Waals surface area contributed by atoms with Gasteiger partial charge in [0.05, 0.1) is 24.2 Å². The standard InChI is InChI=1S/C18H20N4O/c1-2-7-17-15(5-1)20-18(16-6-3-4-8-19-16)22(17)10-9-21-11-13-23-14-12-21/h1-8H,9-14H2. The molecule has 3 aromatic rings. The minimum Gasteiger partial charge on any atom is -0.379 e. The number of rotatable bonds is 4. The third-order valence-corrected chi connectivity index (χ3v) is 4.29. The summed E-state index contributed by atoms with van der Waals surface area (Å²) in [6.45, 7) is 5.59. The van der Waals surface area contributed by atoms with Gasteiger partial charge in [-0.15, -0.1) is 0 Å². The molecule has 4 rings (SSSR count). The van der Waals surface area contributed by atoms with Gasteiger partial charge in [0.1, 0.15) is 5.69 Å². The number of ether oxygens (including phenoxy) is 1. The van der Waals surface area contributed by atoms with E-state index in [1.165, 1.54) is 5.52 Å². The molecule has 0 saturated carbocycles. The van der Waals surface area contributed by atoms with Crippen molar-refractivity contribution in [3.8, 4) is 11.5 Å². The summed E-state index contributed by atoms with van der Waals surface area (Å²) in [6.07, 6.45) is 1.82. The normalized spacial score (nSPS) is 16.0. The second kappa shape index (κ2) is 6.48. The van der Waals surface area contributed by atoms with Gasteiger partial charge in [0, 0.05) is 32.4 Å². The summed E-state index contributed by atoms with van der Waals surface area (Å²) in [5.41, 5.74) is 3.11. The Kier molecular flexibility index (Phi) is 4.05. The zero-order valence-electron chi connectivity index (χ0n) is 13.1. The molecule has 1 aromatic carbocycles. The van der Waals surface area contributed by atoms with Crippen LogP contribution in [0.1, 0.15) is 0 Å². The van der Waals surface area contributed by atoms with Gasteiger partial charge in [-0.2, -0.15) is 0 Å². The molecule has 3 heterocycles. The van der Waals surface area contributed by atoms with Crippen LogP contribution in [0, 0.1) is 0 Å². The third kappa shape index (κ3) is 2.98. The molecule has 1 aliphatic heterocycles. The second-order valence-corrected chi connectivity index (χ2v) is 5.74. The predicted octanol–water partition coefficient (Wildman–Crippen LogP) is 2.43. The maximum atomic E-state index is 5.43. The van der Waals surface area contributed by atoms with E-state index in [1.54, 1.807) is 0 Å². The molecule has 5 nitrogen and oxygen atoms in total. The molecule has 1 saturated heterocycles. The third-order valence-electron chi connectivity index (χ3n) is 4.29. The van der Waals surface area contributed by atoms with Gasteiger partial charge < -0.3 is 9.30 Å². The zero-order valence-corrected chi connectivity index (χ0v) is 13.1. The number of aromatic nitrogens is 3. The Hall–Kier alpha value is -2.24. The molecule has 0 aliphatic carbocycles. The van der Waals surface area contributed by atoms with E-state index in [0.717, 1.165) is 56.4 Å². The first-order chi connectivity index (χ1) is 11.4. The number of benzene rings is 1. The van der Waals surface area contributed by atoms with Crippen molar-refractivity contribution in [3.05, 3.63) is 48.7 Å². The first-order valence-electron chi connectivity index (χ1n) is 8.08. The molecule has 0 spiro atoms. The molecule has 0 amide bonds. The van der Waals surface area contributed by atoms with Crippen molar-refractivity contribution in [2.75, 3.05) is 32.8 Å². The number of fused-ring (bicyclic) bond motifs is 1. The molecule has 1 fully saturated rings. The van der Waals surface area contributed by atoms with Crippen LogP contribution in [0.5, 0.6) is 0 Å². The Labute approximate surface area is 135 Å². The SMILES string of the molecule is c1ccc(-c2nc3ccccc3n2CCN2CCOCC2)nc1. The van der Waals surface area contributed by atoms with E-state index >= 15 is 0 Å². The Morgan fingerprint density at radius 1 is 0.957 bits per heavy atom. The lowest BCUT2D eigenvalue weighted by Crippen LogP contribution is -2.38. The highest BCUT2D eigenvalue weighted by molar-refractivity contribution is 5.79. The molecule has 0 N–H and O–H groups in total. The Balaban J connectivity index is 1.68. The van der Waals surface area contributed by atoms with E-state index in [-0.39, 0.29) is 0 Å². The van der Waals surface area contributed by atoms with Crippen LogP contribution >= 0.6 is 0 Å². The highest BCUT2D eigenvalue weighted by Crippen LogP contribution is 2.23. The number of para-hydroxylation sites is 2. The van der Waals surface area contributed by atoms with Crippen LogP contribution in [0.25, 0.3) is 22.6 Å². The summed E-state index contributed by atoms with van der Waals surface area (Å²) >= 11 is 0. The molecule has 0 bridgehead atoms. The summed E-state index contributed by atoms with van der Waals surface area (Å²) in [5.74, 6) is 0.944. The van der Waals surface area contributed by atoms with Crippen molar-refractivity contribution in [2.24, 2.45) is 0 Å². The predicted molar refractivity (Wildman–Crippen MR) is 90.2 cm³/mol. The highest BCUT2D eigenvalue weighted by atomic mass is 16.5. The fraction of sp³-hybridized carbons (Fsp3) is 0.333. The van der Waals surface area contributed by atoms with E-state index in [1.807, 2.05) is 30.5 Å². The number of imidazole rings is 1. The molecule has 5 heteroatoms. The summed E-state index contributed by atoms with van der Waals surface area (Å²) in [6, 6.07) is 14.3. The molecular weight excluding hydrogens is 288 g/mol. The Morgan fingerprint density at radius 3 is 2.61 bits per heavy atom.